The fourth-order valence-corrected chi connectivity index (χ4v) is 1.17. The van der Waals surface area contributed by atoms with Gasteiger partial charge in [-0.2, -0.15) is 0 Å². The fraction of sp³-hybridized carbons (Fsp3) is 0.462. The minimum Gasteiger partial charge on any atom is -0.460 e. The number of hydrogen-bond donors (Lipinski definition) is 1. The SMILES string of the molecule is CC(C)(C)C(N)C(=O)OCc1ccccc1. The minimum absolute atomic E-state index is 0.270. The molecule has 0 bridgehead atoms. The molecule has 16 heavy (non-hydrogen) atoms. The normalized spacial score (nSPS) is 13.2. The summed E-state index contributed by atoms with van der Waals surface area (Å²) in [6, 6.07) is 8.98. The quantitative estimate of drug-likeness (QED) is 0.795. The maximum absolute atomic E-state index is 11.6. The molecule has 1 aromatic carbocycles. The topological polar surface area (TPSA) is 52.3 Å². The molecule has 0 heterocycles. The van der Waals surface area contributed by atoms with Crippen molar-refractivity contribution >= 4 is 5.97 Å². The molecule has 1 atom stereocenters. The molecule has 0 aromatic heterocycles. The van der Waals surface area contributed by atoms with Crippen LogP contribution < -0.4 is 5.73 Å². The Morgan fingerprint density at radius 3 is 2.38 bits per heavy atom. The van der Waals surface area contributed by atoms with E-state index >= 15 is 0 Å². The van der Waals surface area contributed by atoms with Gasteiger partial charge in [0.05, 0.1) is 0 Å². The van der Waals surface area contributed by atoms with Crippen LogP contribution in [-0.2, 0) is 16.1 Å². The van der Waals surface area contributed by atoms with E-state index in [9.17, 15) is 4.79 Å². The molecule has 2 N–H and O–H groups in total. The number of nitrogens with two attached hydrogens (primary N) is 1. The van der Waals surface area contributed by atoms with Gasteiger partial charge in [0.25, 0.3) is 0 Å². The van der Waals surface area contributed by atoms with Crippen LogP contribution in [0.2, 0.25) is 0 Å². The lowest BCUT2D eigenvalue weighted by molar-refractivity contribution is -0.149. The van der Waals surface area contributed by atoms with E-state index in [2.05, 4.69) is 0 Å². The first kappa shape index (κ1) is 12.7. The highest BCUT2D eigenvalue weighted by Gasteiger charge is 2.28. The van der Waals surface area contributed by atoms with E-state index in [1.807, 2.05) is 51.1 Å². The number of carbonyl (C=O) groups is 1. The molecule has 88 valence electrons. The van der Waals surface area contributed by atoms with Gasteiger partial charge in [-0.05, 0) is 11.0 Å². The Kier molecular flexibility index (Phi) is 4.07. The number of benzene rings is 1. The van der Waals surface area contributed by atoms with Crippen LogP contribution in [0.3, 0.4) is 0 Å². The second-order valence-corrected chi connectivity index (χ2v) is 4.94. The molecule has 0 saturated carbocycles. The molecule has 1 unspecified atom stereocenters. The van der Waals surface area contributed by atoms with Gasteiger partial charge in [0.2, 0.25) is 0 Å². The predicted molar refractivity (Wildman–Crippen MR) is 63.7 cm³/mol. The number of carbonyl (C=O) groups excluding carboxylic acids is 1. The number of rotatable bonds is 3. The Morgan fingerprint density at radius 1 is 1.31 bits per heavy atom. The van der Waals surface area contributed by atoms with Gasteiger partial charge in [-0.15, -0.1) is 0 Å². The molecular weight excluding hydrogens is 202 g/mol. The standard InChI is InChI=1S/C13H19NO2/c1-13(2,3)11(14)12(15)16-9-10-7-5-4-6-8-10/h4-8,11H,9,14H2,1-3H3. The monoisotopic (exact) mass is 221 g/mol. The third kappa shape index (κ3) is 3.66. The molecule has 0 aliphatic carbocycles. The van der Waals surface area contributed by atoms with Crippen molar-refractivity contribution in [1.29, 1.82) is 0 Å². The summed E-state index contributed by atoms with van der Waals surface area (Å²) in [7, 11) is 0. The first-order chi connectivity index (χ1) is 7.41. The van der Waals surface area contributed by atoms with E-state index in [1.165, 1.54) is 0 Å². The van der Waals surface area contributed by atoms with Gasteiger partial charge in [-0.25, -0.2) is 0 Å². The summed E-state index contributed by atoms with van der Waals surface area (Å²) in [6.45, 7) is 6.04. The van der Waals surface area contributed by atoms with E-state index in [0.29, 0.717) is 0 Å². The lowest BCUT2D eigenvalue weighted by atomic mass is 9.87. The summed E-state index contributed by atoms with van der Waals surface area (Å²) >= 11 is 0. The molecule has 3 nitrogen and oxygen atoms in total. The summed E-state index contributed by atoms with van der Waals surface area (Å²) in [4.78, 5) is 11.6. The summed E-state index contributed by atoms with van der Waals surface area (Å²) in [5, 5.41) is 0. The molecule has 1 rings (SSSR count). The van der Waals surface area contributed by atoms with Crippen molar-refractivity contribution in [1.82, 2.24) is 0 Å². The molecular formula is C13H19NO2. The molecule has 0 radical (unpaired) electrons. The van der Waals surface area contributed by atoms with Gasteiger partial charge in [0.1, 0.15) is 12.6 Å². The highest BCUT2D eigenvalue weighted by Crippen LogP contribution is 2.18. The van der Waals surface area contributed by atoms with Gasteiger partial charge in [0, 0.05) is 0 Å². The van der Waals surface area contributed by atoms with E-state index in [0.717, 1.165) is 5.56 Å². The zero-order valence-corrected chi connectivity index (χ0v) is 10.1. The number of esters is 1. The zero-order chi connectivity index (χ0) is 12.2. The van der Waals surface area contributed by atoms with Crippen molar-refractivity contribution in [3.63, 3.8) is 0 Å². The lowest BCUT2D eigenvalue weighted by Crippen LogP contribution is -2.43. The molecule has 0 fully saturated rings. The average molecular weight is 221 g/mol. The van der Waals surface area contributed by atoms with Gasteiger partial charge in [0.15, 0.2) is 0 Å². The lowest BCUT2D eigenvalue weighted by Gasteiger charge is -2.24. The highest BCUT2D eigenvalue weighted by atomic mass is 16.5. The molecule has 0 spiro atoms. The van der Waals surface area contributed by atoms with Crippen LogP contribution in [0.25, 0.3) is 0 Å². The van der Waals surface area contributed by atoms with Crippen molar-refractivity contribution in [3.8, 4) is 0 Å². The highest BCUT2D eigenvalue weighted by molar-refractivity contribution is 5.76. The van der Waals surface area contributed by atoms with Crippen molar-refractivity contribution in [2.75, 3.05) is 0 Å². The van der Waals surface area contributed by atoms with E-state index in [-0.39, 0.29) is 18.0 Å². The van der Waals surface area contributed by atoms with E-state index in [1.54, 1.807) is 0 Å². The van der Waals surface area contributed by atoms with Gasteiger partial charge in [-0.3, -0.25) is 4.79 Å². The average Bonchev–Trinajstić information content (AvgIpc) is 2.25. The maximum atomic E-state index is 11.6. The summed E-state index contributed by atoms with van der Waals surface area (Å²) in [5.41, 5.74) is 6.48. The number of ether oxygens (including phenoxy) is 1. The summed E-state index contributed by atoms with van der Waals surface area (Å²) in [6.07, 6.45) is 0. The minimum atomic E-state index is -0.587. The summed E-state index contributed by atoms with van der Waals surface area (Å²) in [5.74, 6) is -0.351. The Hall–Kier alpha value is -1.35. The zero-order valence-electron chi connectivity index (χ0n) is 10.1. The van der Waals surface area contributed by atoms with Crippen LogP contribution >= 0.6 is 0 Å². The Labute approximate surface area is 96.6 Å². The largest absolute Gasteiger partial charge is 0.460 e. The van der Waals surface area contributed by atoms with Crippen LogP contribution in [-0.4, -0.2) is 12.0 Å². The van der Waals surface area contributed by atoms with Gasteiger partial charge < -0.3 is 10.5 Å². The van der Waals surface area contributed by atoms with Crippen LogP contribution in [0.1, 0.15) is 26.3 Å². The van der Waals surface area contributed by atoms with Gasteiger partial charge >= 0.3 is 5.97 Å². The molecule has 0 saturated heterocycles. The van der Waals surface area contributed by atoms with Crippen LogP contribution in [0.5, 0.6) is 0 Å². The summed E-state index contributed by atoms with van der Waals surface area (Å²) < 4.78 is 5.15. The molecule has 3 heteroatoms. The first-order valence-electron chi connectivity index (χ1n) is 5.37. The fourth-order valence-electron chi connectivity index (χ4n) is 1.17. The smallest absolute Gasteiger partial charge is 0.323 e. The molecule has 0 aliphatic heterocycles. The molecule has 1 aromatic rings. The molecule has 0 amide bonds. The van der Waals surface area contributed by atoms with E-state index < -0.39 is 6.04 Å². The third-order valence-corrected chi connectivity index (χ3v) is 2.41. The molecule has 0 aliphatic rings. The van der Waals surface area contributed by atoms with Crippen molar-refractivity contribution in [3.05, 3.63) is 35.9 Å². The predicted octanol–water partition coefficient (Wildman–Crippen LogP) is 2.10. The van der Waals surface area contributed by atoms with Crippen LogP contribution in [0.15, 0.2) is 30.3 Å². The second kappa shape index (κ2) is 5.12. The van der Waals surface area contributed by atoms with Crippen LogP contribution in [0, 0.1) is 5.41 Å². The van der Waals surface area contributed by atoms with Gasteiger partial charge in [-0.1, -0.05) is 51.1 Å². The Morgan fingerprint density at radius 2 is 1.88 bits per heavy atom. The van der Waals surface area contributed by atoms with Crippen molar-refractivity contribution < 1.29 is 9.53 Å². The van der Waals surface area contributed by atoms with Crippen molar-refractivity contribution in [2.45, 2.75) is 33.4 Å². The maximum Gasteiger partial charge on any atom is 0.323 e. The second-order valence-electron chi connectivity index (χ2n) is 4.94. The van der Waals surface area contributed by atoms with Crippen molar-refractivity contribution in [2.24, 2.45) is 11.1 Å². The Bertz CT molecular complexity index is 341. The van der Waals surface area contributed by atoms with E-state index in [4.69, 9.17) is 10.5 Å². The first-order valence-corrected chi connectivity index (χ1v) is 5.37. The Balaban J connectivity index is 2.48. The third-order valence-electron chi connectivity index (χ3n) is 2.41. The van der Waals surface area contributed by atoms with Crippen LogP contribution in [0.4, 0.5) is 0 Å². The number of hydrogen-bond acceptors (Lipinski definition) is 3.